The van der Waals surface area contributed by atoms with E-state index in [-0.39, 0.29) is 17.3 Å². The Morgan fingerprint density at radius 1 is 1.15 bits per heavy atom. The second kappa shape index (κ2) is 9.72. The second-order valence-corrected chi connectivity index (χ2v) is 6.90. The van der Waals surface area contributed by atoms with E-state index < -0.39 is 17.0 Å². The fraction of sp³-hybridized carbons (Fsp3) is 0.263. The summed E-state index contributed by atoms with van der Waals surface area (Å²) in [7, 11) is 1.66. The number of likely N-dealkylation sites (N-methyl/N-ethyl adjacent to an activating group) is 1. The number of nitro groups is 1. The van der Waals surface area contributed by atoms with Crippen LogP contribution in [-0.2, 0) is 20.9 Å². The second-order valence-electron chi connectivity index (χ2n) is 5.85. The van der Waals surface area contributed by atoms with Crippen LogP contribution in [0, 0.1) is 10.1 Å². The molecular formula is C19H20N2O5S. The Kier molecular flexibility index (Phi) is 7.36. The van der Waals surface area contributed by atoms with Crippen LogP contribution in [0.2, 0.25) is 0 Å². The number of esters is 1. The van der Waals surface area contributed by atoms with Gasteiger partial charge < -0.3 is 9.64 Å². The van der Waals surface area contributed by atoms with Gasteiger partial charge in [-0.1, -0.05) is 30.3 Å². The molecule has 0 aromatic heterocycles. The van der Waals surface area contributed by atoms with E-state index in [1.807, 2.05) is 30.3 Å². The molecule has 0 bridgehead atoms. The topological polar surface area (TPSA) is 89.7 Å². The average Bonchev–Trinajstić information content (AvgIpc) is 2.66. The van der Waals surface area contributed by atoms with Crippen molar-refractivity contribution in [3.8, 4) is 0 Å². The number of carbonyl (C=O) groups is 2. The molecule has 0 saturated heterocycles. The first-order chi connectivity index (χ1) is 12.9. The molecule has 0 unspecified atom stereocenters. The molecule has 0 radical (unpaired) electrons. The highest BCUT2D eigenvalue weighted by atomic mass is 32.2. The van der Waals surface area contributed by atoms with E-state index in [0.717, 1.165) is 5.56 Å². The number of hydrogen-bond donors (Lipinski definition) is 0. The van der Waals surface area contributed by atoms with Gasteiger partial charge >= 0.3 is 5.97 Å². The van der Waals surface area contributed by atoms with Crippen LogP contribution in [0.1, 0.15) is 12.5 Å². The van der Waals surface area contributed by atoms with Crippen molar-refractivity contribution in [2.24, 2.45) is 0 Å². The van der Waals surface area contributed by atoms with E-state index in [9.17, 15) is 19.7 Å². The molecule has 2 aromatic rings. The predicted molar refractivity (Wildman–Crippen MR) is 102 cm³/mol. The third-order valence-electron chi connectivity index (χ3n) is 3.70. The number of thioether (sulfide) groups is 1. The SMILES string of the molecule is C[C@@H](OC(=O)CSc1ccc([N+](=O)[O-])cc1)C(=O)N(C)Cc1ccccc1. The van der Waals surface area contributed by atoms with Gasteiger partial charge in [0.15, 0.2) is 6.10 Å². The van der Waals surface area contributed by atoms with Crippen molar-refractivity contribution in [3.05, 3.63) is 70.3 Å². The van der Waals surface area contributed by atoms with Gasteiger partial charge in [0.05, 0.1) is 10.7 Å². The van der Waals surface area contributed by atoms with Crippen LogP contribution >= 0.6 is 11.8 Å². The third kappa shape index (κ3) is 6.41. The molecule has 1 atom stereocenters. The maximum Gasteiger partial charge on any atom is 0.317 e. The summed E-state index contributed by atoms with van der Waals surface area (Å²) in [5.74, 6) is -0.794. The summed E-state index contributed by atoms with van der Waals surface area (Å²) < 4.78 is 5.20. The molecule has 0 fully saturated rings. The van der Waals surface area contributed by atoms with Crippen LogP contribution in [0.15, 0.2) is 59.5 Å². The molecule has 2 aromatic carbocycles. The summed E-state index contributed by atoms with van der Waals surface area (Å²) in [6.45, 7) is 1.97. The zero-order valence-electron chi connectivity index (χ0n) is 15.0. The number of benzene rings is 2. The van der Waals surface area contributed by atoms with E-state index in [4.69, 9.17) is 4.74 Å². The number of carbonyl (C=O) groups excluding carboxylic acids is 2. The molecule has 7 nitrogen and oxygen atoms in total. The van der Waals surface area contributed by atoms with Gasteiger partial charge in [0.2, 0.25) is 0 Å². The average molecular weight is 388 g/mol. The highest BCUT2D eigenvalue weighted by molar-refractivity contribution is 8.00. The lowest BCUT2D eigenvalue weighted by Crippen LogP contribution is -2.37. The molecule has 0 saturated carbocycles. The lowest BCUT2D eigenvalue weighted by atomic mass is 10.2. The molecule has 0 heterocycles. The number of hydrogen-bond acceptors (Lipinski definition) is 6. The van der Waals surface area contributed by atoms with Crippen LogP contribution in [0.25, 0.3) is 0 Å². The fourth-order valence-corrected chi connectivity index (χ4v) is 3.01. The maximum absolute atomic E-state index is 12.3. The van der Waals surface area contributed by atoms with Gasteiger partial charge in [-0.25, -0.2) is 0 Å². The Balaban J connectivity index is 1.80. The minimum absolute atomic E-state index is 0.0115. The number of nitrogens with zero attached hydrogens (tertiary/aromatic N) is 2. The smallest absolute Gasteiger partial charge is 0.317 e. The van der Waals surface area contributed by atoms with E-state index in [1.54, 1.807) is 19.2 Å². The first-order valence-electron chi connectivity index (χ1n) is 8.22. The first-order valence-corrected chi connectivity index (χ1v) is 9.21. The Bertz CT molecular complexity index is 796. The summed E-state index contributed by atoms with van der Waals surface area (Å²) in [5.41, 5.74) is 0.975. The van der Waals surface area contributed by atoms with Crippen molar-refractivity contribution >= 4 is 29.3 Å². The number of amides is 1. The third-order valence-corrected chi connectivity index (χ3v) is 4.68. The first kappa shape index (κ1) is 20.4. The molecule has 8 heteroatoms. The van der Waals surface area contributed by atoms with E-state index in [1.165, 1.54) is 35.7 Å². The quantitative estimate of drug-likeness (QED) is 0.298. The van der Waals surface area contributed by atoms with Gasteiger partial charge in [-0.15, -0.1) is 11.8 Å². The van der Waals surface area contributed by atoms with E-state index in [2.05, 4.69) is 0 Å². The Labute approximate surface area is 161 Å². The fourth-order valence-electron chi connectivity index (χ4n) is 2.33. The minimum Gasteiger partial charge on any atom is -0.452 e. The lowest BCUT2D eigenvalue weighted by molar-refractivity contribution is -0.384. The molecule has 1 amide bonds. The molecule has 0 aliphatic heterocycles. The molecule has 0 spiro atoms. The molecule has 142 valence electrons. The summed E-state index contributed by atoms with van der Waals surface area (Å²) in [5, 5.41) is 10.6. The van der Waals surface area contributed by atoms with Crippen molar-refractivity contribution < 1.29 is 19.2 Å². The number of rotatable bonds is 8. The lowest BCUT2D eigenvalue weighted by Gasteiger charge is -2.21. The van der Waals surface area contributed by atoms with Crippen molar-refractivity contribution in [2.75, 3.05) is 12.8 Å². The highest BCUT2D eigenvalue weighted by Crippen LogP contribution is 2.21. The molecule has 0 N–H and O–H groups in total. The zero-order chi connectivity index (χ0) is 19.8. The summed E-state index contributed by atoms with van der Waals surface area (Å²) in [6, 6.07) is 15.4. The van der Waals surface area contributed by atoms with Crippen LogP contribution in [0.4, 0.5) is 5.69 Å². The van der Waals surface area contributed by atoms with Crippen molar-refractivity contribution in [2.45, 2.75) is 24.5 Å². The number of nitro benzene ring substituents is 1. The van der Waals surface area contributed by atoms with Crippen LogP contribution in [0.3, 0.4) is 0 Å². The molecule has 0 aliphatic carbocycles. The van der Waals surface area contributed by atoms with Crippen LogP contribution in [0.5, 0.6) is 0 Å². The van der Waals surface area contributed by atoms with Gasteiger partial charge in [0.25, 0.3) is 11.6 Å². The molecule has 27 heavy (non-hydrogen) atoms. The van der Waals surface area contributed by atoms with E-state index >= 15 is 0 Å². The van der Waals surface area contributed by atoms with Gasteiger partial charge in [-0.3, -0.25) is 19.7 Å². The molecule has 2 rings (SSSR count). The Hall–Kier alpha value is -2.87. The monoisotopic (exact) mass is 388 g/mol. The zero-order valence-corrected chi connectivity index (χ0v) is 15.8. The summed E-state index contributed by atoms with van der Waals surface area (Å²) >= 11 is 1.19. The number of ether oxygens (including phenoxy) is 1. The standard InChI is InChI=1S/C19H20N2O5S/c1-14(19(23)20(2)12-15-6-4-3-5-7-15)26-18(22)13-27-17-10-8-16(9-11-17)21(24)25/h3-11,14H,12-13H2,1-2H3/t14-/m1/s1. The van der Waals surface area contributed by atoms with Gasteiger partial charge in [-0.2, -0.15) is 0 Å². The van der Waals surface area contributed by atoms with Crippen LogP contribution < -0.4 is 0 Å². The van der Waals surface area contributed by atoms with Gasteiger partial charge in [-0.05, 0) is 24.6 Å². The largest absolute Gasteiger partial charge is 0.452 e. The van der Waals surface area contributed by atoms with Crippen molar-refractivity contribution in [1.82, 2.24) is 4.90 Å². The normalized spacial score (nSPS) is 11.5. The number of non-ortho nitro benzene ring substituents is 1. The molecule has 0 aliphatic rings. The van der Waals surface area contributed by atoms with Gasteiger partial charge in [0.1, 0.15) is 0 Å². The van der Waals surface area contributed by atoms with Gasteiger partial charge in [0, 0.05) is 30.6 Å². The summed E-state index contributed by atoms with van der Waals surface area (Å²) in [6.07, 6.45) is -0.885. The summed E-state index contributed by atoms with van der Waals surface area (Å²) in [4.78, 5) is 36.7. The molecular weight excluding hydrogens is 368 g/mol. The predicted octanol–water partition coefficient (Wildman–Crippen LogP) is 3.28. The Morgan fingerprint density at radius 2 is 1.78 bits per heavy atom. The van der Waals surface area contributed by atoms with Crippen LogP contribution in [-0.4, -0.2) is 40.6 Å². The van der Waals surface area contributed by atoms with E-state index in [0.29, 0.717) is 11.4 Å². The van der Waals surface area contributed by atoms with Crippen molar-refractivity contribution in [1.29, 1.82) is 0 Å². The highest BCUT2D eigenvalue weighted by Gasteiger charge is 2.21. The Morgan fingerprint density at radius 3 is 2.37 bits per heavy atom. The minimum atomic E-state index is -0.885. The van der Waals surface area contributed by atoms with Crippen molar-refractivity contribution in [3.63, 3.8) is 0 Å². The maximum atomic E-state index is 12.3.